The van der Waals surface area contributed by atoms with Crippen molar-refractivity contribution in [2.45, 2.75) is 44.6 Å². The molecule has 1 aromatic rings. The van der Waals surface area contributed by atoms with Gasteiger partial charge in [-0.05, 0) is 49.1 Å². The average Bonchev–Trinajstić information content (AvgIpc) is 3.18. The number of nitrogens with zero attached hydrogens (tertiary/aromatic N) is 3. The van der Waals surface area contributed by atoms with Crippen molar-refractivity contribution in [3.05, 3.63) is 33.7 Å². The fraction of sp³-hybridized carbons (Fsp3) is 0.696. The number of aromatic nitrogens is 1. The van der Waals surface area contributed by atoms with Crippen LogP contribution in [0.3, 0.4) is 0 Å². The molecule has 4 heterocycles. The molecule has 2 bridgehead atoms. The van der Waals surface area contributed by atoms with Crippen molar-refractivity contribution in [3.63, 3.8) is 0 Å². The number of ether oxygens (including phenoxy) is 1. The minimum Gasteiger partial charge on any atom is -0.375 e. The van der Waals surface area contributed by atoms with Gasteiger partial charge in [0.15, 0.2) is 0 Å². The molecule has 3 aliphatic heterocycles. The molecule has 7 nitrogen and oxygen atoms in total. The average molecular weight is 414 g/mol. The summed E-state index contributed by atoms with van der Waals surface area (Å²) < 4.78 is 6.82. The van der Waals surface area contributed by atoms with Gasteiger partial charge in [-0.2, -0.15) is 0 Å². The van der Waals surface area contributed by atoms with Gasteiger partial charge in [-0.25, -0.2) is 0 Å². The molecule has 0 aromatic carbocycles. The van der Waals surface area contributed by atoms with Crippen molar-refractivity contribution in [2.24, 2.45) is 17.8 Å². The number of hydrogen-bond acceptors (Lipinski definition) is 4. The van der Waals surface area contributed by atoms with Gasteiger partial charge in [-0.1, -0.05) is 12.8 Å². The molecule has 0 spiro atoms. The molecule has 1 aliphatic carbocycles. The van der Waals surface area contributed by atoms with Crippen LogP contribution in [0.4, 0.5) is 0 Å². The number of amides is 2. The molecule has 30 heavy (non-hydrogen) atoms. The Labute approximate surface area is 177 Å². The van der Waals surface area contributed by atoms with Gasteiger partial charge in [0, 0.05) is 51.4 Å². The summed E-state index contributed by atoms with van der Waals surface area (Å²) in [7, 11) is 1.53. The molecule has 7 heteroatoms. The van der Waals surface area contributed by atoms with Crippen LogP contribution in [0.2, 0.25) is 0 Å². The van der Waals surface area contributed by atoms with Gasteiger partial charge in [0.2, 0.25) is 5.91 Å². The standard InChI is InChI=1S/C23H31N3O4/c1-30-14-21(27)24-9-15-8-18(13-24)20-7-6-19(23(29)26(20)10-15)22(28)25-11-16-4-2-3-5-17(16)12-25/h6-7,15-18H,2-5,8-14H2,1H3/t15-,16-,17+,18+/m0/s1. The van der Waals surface area contributed by atoms with Gasteiger partial charge in [0.05, 0.1) is 0 Å². The Balaban J connectivity index is 1.37. The van der Waals surface area contributed by atoms with E-state index in [1.165, 1.54) is 32.8 Å². The highest BCUT2D eigenvalue weighted by atomic mass is 16.5. The van der Waals surface area contributed by atoms with Crippen LogP contribution in [0, 0.1) is 17.8 Å². The zero-order chi connectivity index (χ0) is 20.8. The molecular weight excluding hydrogens is 382 g/mol. The molecular formula is C23H31N3O4. The van der Waals surface area contributed by atoms with Crippen LogP contribution < -0.4 is 5.56 Å². The van der Waals surface area contributed by atoms with E-state index in [0.717, 1.165) is 25.2 Å². The lowest BCUT2D eigenvalue weighted by atomic mass is 9.82. The largest absolute Gasteiger partial charge is 0.375 e. The van der Waals surface area contributed by atoms with Crippen molar-refractivity contribution >= 4 is 11.8 Å². The Hall–Kier alpha value is -2.15. The minimum absolute atomic E-state index is 0.00490. The maximum absolute atomic E-state index is 13.3. The van der Waals surface area contributed by atoms with Gasteiger partial charge in [0.1, 0.15) is 12.2 Å². The van der Waals surface area contributed by atoms with Crippen LogP contribution in [-0.4, -0.2) is 66.1 Å². The fourth-order valence-electron chi connectivity index (χ4n) is 6.27. The first-order valence-corrected chi connectivity index (χ1v) is 11.3. The number of hydrogen-bond donors (Lipinski definition) is 0. The van der Waals surface area contributed by atoms with Gasteiger partial charge in [0.25, 0.3) is 11.5 Å². The molecule has 4 atom stereocenters. The van der Waals surface area contributed by atoms with Crippen LogP contribution in [-0.2, 0) is 16.1 Å². The first kappa shape index (κ1) is 19.8. The predicted octanol–water partition coefficient (Wildman–Crippen LogP) is 1.70. The smallest absolute Gasteiger partial charge is 0.263 e. The maximum Gasteiger partial charge on any atom is 0.263 e. The molecule has 0 radical (unpaired) electrons. The third-order valence-corrected chi connectivity index (χ3v) is 7.72. The van der Waals surface area contributed by atoms with Gasteiger partial charge in [-0.15, -0.1) is 0 Å². The van der Waals surface area contributed by atoms with Crippen molar-refractivity contribution < 1.29 is 14.3 Å². The zero-order valence-corrected chi connectivity index (χ0v) is 17.7. The monoisotopic (exact) mass is 413 g/mol. The van der Waals surface area contributed by atoms with Crippen LogP contribution in [0.25, 0.3) is 0 Å². The quantitative estimate of drug-likeness (QED) is 0.756. The Morgan fingerprint density at radius 1 is 1.00 bits per heavy atom. The Morgan fingerprint density at radius 2 is 1.73 bits per heavy atom. The summed E-state index contributed by atoms with van der Waals surface area (Å²) in [6, 6.07) is 3.68. The van der Waals surface area contributed by atoms with E-state index in [0.29, 0.717) is 37.0 Å². The summed E-state index contributed by atoms with van der Waals surface area (Å²) in [5.74, 6) is 1.51. The van der Waals surface area contributed by atoms with Gasteiger partial charge >= 0.3 is 0 Å². The summed E-state index contributed by atoms with van der Waals surface area (Å²) in [4.78, 5) is 42.6. The number of fused-ring (bicyclic) bond motifs is 5. The second-order valence-corrected chi connectivity index (χ2v) is 9.63. The molecule has 2 amide bonds. The summed E-state index contributed by atoms with van der Waals surface area (Å²) in [6.07, 6.45) is 5.92. The second kappa shape index (κ2) is 7.84. The highest BCUT2D eigenvalue weighted by Crippen LogP contribution is 2.37. The number of methoxy groups -OCH3 is 1. The molecule has 0 N–H and O–H groups in total. The van der Waals surface area contributed by atoms with Crippen LogP contribution in [0.1, 0.15) is 54.1 Å². The first-order valence-electron chi connectivity index (χ1n) is 11.3. The normalized spacial score (nSPS) is 30.0. The maximum atomic E-state index is 13.3. The van der Waals surface area contributed by atoms with Crippen LogP contribution in [0.15, 0.2) is 16.9 Å². The molecule has 1 aromatic heterocycles. The van der Waals surface area contributed by atoms with E-state index in [1.807, 2.05) is 20.4 Å². The van der Waals surface area contributed by atoms with Crippen molar-refractivity contribution in [1.82, 2.24) is 14.4 Å². The Morgan fingerprint density at radius 3 is 2.43 bits per heavy atom. The zero-order valence-electron chi connectivity index (χ0n) is 17.7. The second-order valence-electron chi connectivity index (χ2n) is 9.63. The molecule has 0 unspecified atom stereocenters. The number of piperidine rings is 1. The minimum atomic E-state index is -0.154. The van der Waals surface area contributed by atoms with E-state index in [2.05, 4.69) is 0 Å². The highest BCUT2D eigenvalue weighted by molar-refractivity contribution is 5.94. The first-order chi connectivity index (χ1) is 14.5. The lowest BCUT2D eigenvalue weighted by Gasteiger charge is -2.42. The SMILES string of the molecule is COCC(=O)N1C[C@@H]2C[C@H](C1)c1ccc(C(=O)N3C[C@H]4CCCC[C@H]4C3)c(=O)n1C2. The van der Waals surface area contributed by atoms with E-state index in [-0.39, 0.29) is 35.8 Å². The lowest BCUT2D eigenvalue weighted by Crippen LogP contribution is -2.50. The van der Waals surface area contributed by atoms with Crippen molar-refractivity contribution in [1.29, 1.82) is 0 Å². The van der Waals surface area contributed by atoms with Crippen molar-refractivity contribution in [3.8, 4) is 0 Å². The van der Waals surface area contributed by atoms with Gasteiger partial charge in [-0.3, -0.25) is 14.4 Å². The van der Waals surface area contributed by atoms with E-state index in [1.54, 1.807) is 6.07 Å². The molecule has 1 saturated carbocycles. The van der Waals surface area contributed by atoms with Crippen LogP contribution >= 0.6 is 0 Å². The highest BCUT2D eigenvalue weighted by Gasteiger charge is 2.39. The summed E-state index contributed by atoms with van der Waals surface area (Å²) in [5.41, 5.74) is 1.11. The van der Waals surface area contributed by atoms with Gasteiger partial charge < -0.3 is 19.1 Å². The molecule has 2 saturated heterocycles. The number of pyridine rings is 1. The third kappa shape index (κ3) is 3.37. The summed E-state index contributed by atoms with van der Waals surface area (Å²) >= 11 is 0. The summed E-state index contributed by atoms with van der Waals surface area (Å²) in [6.45, 7) is 3.53. The number of carbonyl (C=O) groups is 2. The molecule has 3 fully saturated rings. The predicted molar refractivity (Wildman–Crippen MR) is 111 cm³/mol. The van der Waals surface area contributed by atoms with E-state index in [4.69, 9.17) is 4.74 Å². The Bertz CT molecular complexity index is 896. The van der Waals surface area contributed by atoms with E-state index < -0.39 is 0 Å². The number of rotatable bonds is 3. The number of likely N-dealkylation sites (tertiary alicyclic amines) is 2. The lowest BCUT2D eigenvalue weighted by molar-refractivity contribution is -0.137. The molecule has 162 valence electrons. The van der Waals surface area contributed by atoms with Crippen LogP contribution in [0.5, 0.6) is 0 Å². The van der Waals surface area contributed by atoms with E-state index >= 15 is 0 Å². The van der Waals surface area contributed by atoms with E-state index in [9.17, 15) is 14.4 Å². The molecule has 4 aliphatic rings. The topological polar surface area (TPSA) is 71.8 Å². The molecule has 5 rings (SSSR count). The summed E-state index contributed by atoms with van der Waals surface area (Å²) in [5, 5.41) is 0. The fourth-order valence-corrected chi connectivity index (χ4v) is 6.27. The van der Waals surface area contributed by atoms with Crippen molar-refractivity contribution in [2.75, 3.05) is 39.9 Å². The third-order valence-electron chi connectivity index (χ3n) is 7.72. The Kier molecular flexibility index (Phi) is 5.17. The number of carbonyl (C=O) groups excluding carboxylic acids is 2.